The fourth-order valence-electron chi connectivity index (χ4n) is 3.02. The number of nitrogens with one attached hydrogen (secondary N) is 1. The van der Waals surface area contributed by atoms with Gasteiger partial charge in [0.15, 0.2) is 0 Å². The summed E-state index contributed by atoms with van der Waals surface area (Å²) in [6.07, 6.45) is 1.32. The second-order valence-corrected chi connectivity index (χ2v) is 8.14. The largest absolute Gasteiger partial charge is 0.497 e. The normalized spacial score (nSPS) is 10.7. The quantitative estimate of drug-likeness (QED) is 0.173. The van der Waals surface area contributed by atoms with Crippen LogP contribution in [0.25, 0.3) is 6.08 Å². The van der Waals surface area contributed by atoms with E-state index in [1.165, 1.54) is 37.5 Å². The summed E-state index contributed by atoms with van der Waals surface area (Å²) in [7, 11) is 1.52. The number of halogens is 1. The number of ether oxygens (including phenoxy) is 3. The molecule has 0 aromatic heterocycles. The van der Waals surface area contributed by atoms with Crippen molar-refractivity contribution >= 4 is 45.5 Å². The number of carbonyl (C=O) groups is 3. The Labute approximate surface area is 216 Å². The zero-order valence-electron chi connectivity index (χ0n) is 19.4. The molecule has 9 heteroatoms. The Balaban J connectivity index is 1.80. The zero-order valence-corrected chi connectivity index (χ0v) is 21.0. The second kappa shape index (κ2) is 12.3. The smallest absolute Gasteiger partial charge is 0.343 e. The summed E-state index contributed by atoms with van der Waals surface area (Å²) in [6.45, 7) is 1.96. The summed E-state index contributed by atoms with van der Waals surface area (Å²) < 4.78 is 16.2. The molecule has 0 fully saturated rings. The van der Waals surface area contributed by atoms with Crippen molar-refractivity contribution in [1.82, 2.24) is 0 Å². The number of hydrogen-bond acceptors (Lipinski definition) is 7. The Morgan fingerprint density at radius 1 is 0.972 bits per heavy atom. The van der Waals surface area contributed by atoms with E-state index < -0.39 is 17.8 Å². The van der Waals surface area contributed by atoms with E-state index in [-0.39, 0.29) is 17.9 Å². The van der Waals surface area contributed by atoms with Crippen molar-refractivity contribution < 1.29 is 28.6 Å². The van der Waals surface area contributed by atoms with Crippen LogP contribution in [0, 0.1) is 11.3 Å². The Kier molecular flexibility index (Phi) is 8.97. The lowest BCUT2D eigenvalue weighted by atomic mass is 10.1. The Morgan fingerprint density at radius 2 is 1.61 bits per heavy atom. The molecule has 0 saturated carbocycles. The SMILES string of the molecule is CCOC(=O)c1ccc(NC(=O)/C(C#N)=C/c2cc(Br)ccc2OC(=O)c2ccc(OC)cc2)cc1. The molecular weight excluding hydrogens is 528 g/mol. The van der Waals surface area contributed by atoms with Crippen molar-refractivity contribution in [1.29, 1.82) is 5.26 Å². The molecule has 1 amide bonds. The highest BCUT2D eigenvalue weighted by molar-refractivity contribution is 9.10. The van der Waals surface area contributed by atoms with Crippen molar-refractivity contribution in [3.8, 4) is 17.6 Å². The Morgan fingerprint density at radius 3 is 2.22 bits per heavy atom. The van der Waals surface area contributed by atoms with Crippen LogP contribution in [0.15, 0.2) is 76.8 Å². The maximum absolute atomic E-state index is 12.7. The van der Waals surface area contributed by atoms with Crippen molar-refractivity contribution in [3.63, 3.8) is 0 Å². The highest BCUT2D eigenvalue weighted by Crippen LogP contribution is 2.27. The number of rotatable bonds is 8. The van der Waals surface area contributed by atoms with Crippen LogP contribution in [-0.4, -0.2) is 31.6 Å². The van der Waals surface area contributed by atoms with Gasteiger partial charge in [-0.1, -0.05) is 15.9 Å². The van der Waals surface area contributed by atoms with Crippen molar-refractivity contribution in [2.45, 2.75) is 6.92 Å². The molecule has 8 nitrogen and oxygen atoms in total. The lowest BCUT2D eigenvalue weighted by Gasteiger charge is -2.10. The van der Waals surface area contributed by atoms with Crippen LogP contribution in [0.5, 0.6) is 11.5 Å². The van der Waals surface area contributed by atoms with Crippen molar-refractivity contribution in [3.05, 3.63) is 93.5 Å². The van der Waals surface area contributed by atoms with E-state index in [9.17, 15) is 19.6 Å². The molecule has 0 saturated heterocycles. The number of benzene rings is 3. The molecule has 0 bridgehead atoms. The third-order valence-electron chi connectivity index (χ3n) is 4.82. The van der Waals surface area contributed by atoms with E-state index >= 15 is 0 Å². The van der Waals surface area contributed by atoms with Gasteiger partial charge in [-0.2, -0.15) is 5.26 Å². The van der Waals surface area contributed by atoms with Gasteiger partial charge >= 0.3 is 11.9 Å². The number of esters is 2. The first-order valence-electron chi connectivity index (χ1n) is 10.7. The average molecular weight is 549 g/mol. The molecule has 3 aromatic carbocycles. The van der Waals surface area contributed by atoms with E-state index in [1.807, 2.05) is 6.07 Å². The predicted octanol–water partition coefficient (Wildman–Crippen LogP) is 5.40. The van der Waals surface area contributed by atoms with Crippen LogP contribution < -0.4 is 14.8 Å². The summed E-state index contributed by atoms with van der Waals surface area (Å²) in [4.78, 5) is 37.2. The van der Waals surface area contributed by atoms with Gasteiger partial charge in [0.05, 0.1) is 24.8 Å². The minimum atomic E-state index is -0.672. The summed E-state index contributed by atoms with van der Waals surface area (Å²) in [5, 5.41) is 12.2. The highest BCUT2D eigenvalue weighted by Gasteiger charge is 2.15. The monoisotopic (exact) mass is 548 g/mol. The fraction of sp³-hybridized carbons (Fsp3) is 0.111. The molecule has 3 rings (SSSR count). The lowest BCUT2D eigenvalue weighted by molar-refractivity contribution is -0.112. The molecule has 0 aliphatic heterocycles. The number of nitrogens with zero attached hydrogens (tertiary/aromatic N) is 1. The van der Waals surface area contributed by atoms with Gasteiger partial charge in [-0.3, -0.25) is 4.79 Å². The second-order valence-electron chi connectivity index (χ2n) is 7.22. The van der Waals surface area contributed by atoms with Crippen LogP contribution >= 0.6 is 15.9 Å². The third kappa shape index (κ3) is 6.81. The van der Waals surface area contributed by atoms with Gasteiger partial charge < -0.3 is 19.5 Å². The number of methoxy groups -OCH3 is 1. The molecule has 0 heterocycles. The molecule has 3 aromatic rings. The van der Waals surface area contributed by atoms with Crippen LogP contribution in [0.4, 0.5) is 5.69 Å². The summed E-state index contributed by atoms with van der Waals surface area (Å²) in [5.41, 5.74) is 1.15. The van der Waals surface area contributed by atoms with Crippen LogP contribution in [0.2, 0.25) is 0 Å². The minimum Gasteiger partial charge on any atom is -0.497 e. The van der Waals surface area contributed by atoms with Gasteiger partial charge in [-0.05, 0) is 79.7 Å². The van der Waals surface area contributed by atoms with E-state index in [0.29, 0.717) is 32.6 Å². The first-order chi connectivity index (χ1) is 17.3. The van der Waals surface area contributed by atoms with E-state index in [4.69, 9.17) is 14.2 Å². The topological polar surface area (TPSA) is 115 Å². The molecule has 0 aliphatic rings. The maximum Gasteiger partial charge on any atom is 0.343 e. The fourth-order valence-corrected chi connectivity index (χ4v) is 3.40. The number of amides is 1. The van der Waals surface area contributed by atoms with E-state index in [2.05, 4.69) is 21.2 Å². The molecule has 0 aliphatic carbocycles. The molecule has 0 spiro atoms. The minimum absolute atomic E-state index is 0.165. The molecule has 0 atom stereocenters. The summed E-state index contributed by atoms with van der Waals surface area (Å²) >= 11 is 3.35. The van der Waals surface area contributed by atoms with Crippen LogP contribution in [0.3, 0.4) is 0 Å². The third-order valence-corrected chi connectivity index (χ3v) is 5.31. The standard InChI is InChI=1S/C27H21BrN2O6/c1-3-35-26(32)17-4-9-22(10-5-17)30-25(31)20(16-29)14-19-15-21(28)8-13-24(19)36-27(33)18-6-11-23(34-2)12-7-18/h4-15H,3H2,1-2H3,(H,30,31)/b20-14+. The van der Waals surface area contributed by atoms with Gasteiger partial charge in [0, 0.05) is 15.7 Å². The highest BCUT2D eigenvalue weighted by atomic mass is 79.9. The average Bonchev–Trinajstić information content (AvgIpc) is 2.89. The van der Waals surface area contributed by atoms with E-state index in [1.54, 1.807) is 49.4 Å². The molecule has 1 N–H and O–H groups in total. The van der Waals surface area contributed by atoms with E-state index in [0.717, 1.165) is 0 Å². The molecule has 0 unspecified atom stereocenters. The lowest BCUT2D eigenvalue weighted by Crippen LogP contribution is -2.14. The Bertz CT molecular complexity index is 1340. The molecular formula is C27H21BrN2O6. The number of anilines is 1. The first kappa shape index (κ1) is 26.2. The number of hydrogen-bond donors (Lipinski definition) is 1. The maximum atomic E-state index is 12.7. The predicted molar refractivity (Wildman–Crippen MR) is 137 cm³/mol. The zero-order chi connectivity index (χ0) is 26.1. The molecule has 0 radical (unpaired) electrons. The molecule has 36 heavy (non-hydrogen) atoms. The number of nitriles is 1. The van der Waals surface area contributed by atoms with Crippen LogP contribution in [-0.2, 0) is 9.53 Å². The molecule has 182 valence electrons. The first-order valence-corrected chi connectivity index (χ1v) is 11.5. The van der Waals surface area contributed by atoms with Crippen molar-refractivity contribution in [2.75, 3.05) is 19.0 Å². The van der Waals surface area contributed by atoms with Gasteiger partial charge in [0.25, 0.3) is 5.91 Å². The number of carbonyl (C=O) groups excluding carboxylic acids is 3. The van der Waals surface area contributed by atoms with Gasteiger partial charge in [0.2, 0.25) is 0 Å². The van der Waals surface area contributed by atoms with Gasteiger partial charge in [-0.25, -0.2) is 9.59 Å². The van der Waals surface area contributed by atoms with Gasteiger partial charge in [-0.15, -0.1) is 0 Å². The summed E-state index contributed by atoms with van der Waals surface area (Å²) in [6, 6.07) is 19.2. The van der Waals surface area contributed by atoms with Gasteiger partial charge in [0.1, 0.15) is 23.1 Å². The Hall–Kier alpha value is -4.42. The summed E-state index contributed by atoms with van der Waals surface area (Å²) in [5.74, 6) is -0.996. The van der Waals surface area contributed by atoms with Crippen molar-refractivity contribution in [2.24, 2.45) is 0 Å². The van der Waals surface area contributed by atoms with Crippen LogP contribution in [0.1, 0.15) is 33.2 Å².